The van der Waals surface area contributed by atoms with Gasteiger partial charge < -0.3 is 9.51 Å². The van der Waals surface area contributed by atoms with Gasteiger partial charge in [0.1, 0.15) is 5.65 Å². The van der Waals surface area contributed by atoms with Crippen molar-refractivity contribution in [3.05, 3.63) is 34.7 Å². The van der Waals surface area contributed by atoms with Gasteiger partial charge in [-0.25, -0.2) is 9.78 Å². The van der Waals surface area contributed by atoms with Crippen molar-refractivity contribution in [2.75, 3.05) is 0 Å². The molecule has 1 saturated heterocycles. The summed E-state index contributed by atoms with van der Waals surface area (Å²) in [4.78, 5) is 18.2. The molecule has 0 aliphatic carbocycles. The van der Waals surface area contributed by atoms with Crippen LogP contribution < -0.4 is 0 Å². The quantitative estimate of drug-likeness (QED) is 0.940. The molecule has 0 radical (unpaired) electrons. The van der Waals surface area contributed by atoms with E-state index in [1.807, 2.05) is 0 Å². The normalized spacial score (nSPS) is 23.0. The number of pyridine rings is 1. The summed E-state index contributed by atoms with van der Waals surface area (Å²) in [6.45, 7) is 4.98. The smallest absolute Gasteiger partial charge is 0.356 e. The van der Waals surface area contributed by atoms with Gasteiger partial charge in [-0.05, 0) is 38.8 Å². The first kappa shape index (κ1) is 15.3. The maximum Gasteiger partial charge on any atom is 0.356 e. The molecule has 2 unspecified atom stereocenters. The molecule has 2 aromatic rings. The van der Waals surface area contributed by atoms with Crippen molar-refractivity contribution in [2.24, 2.45) is 0 Å². The van der Waals surface area contributed by atoms with Gasteiger partial charge in [0, 0.05) is 24.8 Å². The summed E-state index contributed by atoms with van der Waals surface area (Å²) in [5.74, 6) is -0.993. The van der Waals surface area contributed by atoms with Gasteiger partial charge in [-0.1, -0.05) is 18.0 Å². The number of fused-ring (bicyclic) bond motifs is 1. The molecule has 3 rings (SSSR count). The lowest BCUT2D eigenvalue weighted by molar-refractivity contribution is 0.0678. The van der Waals surface area contributed by atoms with Crippen LogP contribution in [0.15, 0.2) is 18.3 Å². The number of hydrogen-bond acceptors (Lipinski definition) is 3. The Kier molecular flexibility index (Phi) is 4.10. The molecule has 0 spiro atoms. The lowest BCUT2D eigenvalue weighted by Gasteiger charge is -2.38. The van der Waals surface area contributed by atoms with E-state index in [9.17, 15) is 9.90 Å². The fourth-order valence-electron chi connectivity index (χ4n) is 3.35. The fraction of sp³-hybridized carbons (Fsp3) is 0.500. The van der Waals surface area contributed by atoms with Gasteiger partial charge in [-0.2, -0.15) is 0 Å². The number of rotatable bonds is 3. The van der Waals surface area contributed by atoms with Gasteiger partial charge in [-0.15, -0.1) is 0 Å². The van der Waals surface area contributed by atoms with Crippen LogP contribution in [0.1, 0.15) is 49.3 Å². The number of likely N-dealkylation sites (tertiary alicyclic amines) is 1. The number of aromatic nitrogens is 2. The number of carboxylic acid groups (broad SMARTS) is 1. The van der Waals surface area contributed by atoms with Crippen molar-refractivity contribution in [1.29, 1.82) is 0 Å². The summed E-state index contributed by atoms with van der Waals surface area (Å²) in [5, 5.41) is 10.0. The lowest BCUT2D eigenvalue weighted by Crippen LogP contribution is -2.43. The van der Waals surface area contributed by atoms with Gasteiger partial charge in [0.15, 0.2) is 5.69 Å². The molecule has 1 N–H and O–H groups in total. The molecule has 2 atom stereocenters. The molecule has 0 saturated carbocycles. The topological polar surface area (TPSA) is 57.8 Å². The van der Waals surface area contributed by atoms with Gasteiger partial charge in [-0.3, -0.25) is 4.90 Å². The van der Waals surface area contributed by atoms with E-state index in [2.05, 4.69) is 23.7 Å². The Labute approximate surface area is 134 Å². The van der Waals surface area contributed by atoms with Crippen molar-refractivity contribution < 1.29 is 9.90 Å². The summed E-state index contributed by atoms with van der Waals surface area (Å²) in [7, 11) is 0. The Bertz CT molecular complexity index is 703. The van der Waals surface area contributed by atoms with E-state index in [1.165, 1.54) is 6.42 Å². The molecule has 0 amide bonds. The minimum absolute atomic E-state index is 0.118. The summed E-state index contributed by atoms with van der Waals surface area (Å²) in [6, 6.07) is 4.36. The maximum absolute atomic E-state index is 11.6. The molecule has 0 bridgehead atoms. The number of carboxylic acids is 1. The molecule has 1 aliphatic heterocycles. The number of imidazole rings is 1. The largest absolute Gasteiger partial charge is 0.476 e. The van der Waals surface area contributed by atoms with Crippen LogP contribution in [-0.2, 0) is 6.54 Å². The van der Waals surface area contributed by atoms with Crippen LogP contribution in [0.3, 0.4) is 0 Å². The molecule has 22 heavy (non-hydrogen) atoms. The average molecular weight is 322 g/mol. The highest BCUT2D eigenvalue weighted by Gasteiger charge is 2.28. The molecular formula is C16H20ClN3O2. The van der Waals surface area contributed by atoms with E-state index in [0.717, 1.165) is 12.8 Å². The highest BCUT2D eigenvalue weighted by atomic mass is 35.5. The van der Waals surface area contributed by atoms with E-state index in [1.54, 1.807) is 22.7 Å². The molecule has 2 aromatic heterocycles. The van der Waals surface area contributed by atoms with Crippen LogP contribution in [0, 0.1) is 0 Å². The highest BCUT2D eigenvalue weighted by molar-refractivity contribution is 6.30. The zero-order chi connectivity index (χ0) is 15.9. The average Bonchev–Trinajstić information content (AvgIpc) is 2.81. The van der Waals surface area contributed by atoms with Crippen molar-refractivity contribution >= 4 is 23.2 Å². The van der Waals surface area contributed by atoms with E-state index >= 15 is 0 Å². The Morgan fingerprint density at radius 1 is 1.36 bits per heavy atom. The number of aromatic carboxylic acids is 1. The Balaban J connectivity index is 2.06. The van der Waals surface area contributed by atoms with E-state index in [0.29, 0.717) is 35.0 Å². The Morgan fingerprint density at radius 3 is 2.68 bits per heavy atom. The van der Waals surface area contributed by atoms with Crippen molar-refractivity contribution in [2.45, 2.75) is 51.7 Å². The van der Waals surface area contributed by atoms with Gasteiger partial charge in [0.25, 0.3) is 0 Å². The number of nitrogens with zero attached hydrogens (tertiary/aromatic N) is 3. The Morgan fingerprint density at radius 2 is 2.05 bits per heavy atom. The molecular weight excluding hydrogens is 302 g/mol. The van der Waals surface area contributed by atoms with Crippen LogP contribution in [0.4, 0.5) is 0 Å². The van der Waals surface area contributed by atoms with Crippen LogP contribution >= 0.6 is 11.6 Å². The van der Waals surface area contributed by atoms with Crippen molar-refractivity contribution in [1.82, 2.24) is 14.3 Å². The predicted octanol–water partition coefficient (Wildman–Crippen LogP) is 3.45. The second-order valence-corrected chi connectivity index (χ2v) is 6.53. The summed E-state index contributed by atoms with van der Waals surface area (Å²) in [5.41, 5.74) is 1.44. The molecule has 0 aromatic carbocycles. The molecule has 3 heterocycles. The summed E-state index contributed by atoms with van der Waals surface area (Å²) < 4.78 is 1.81. The minimum atomic E-state index is -0.993. The second kappa shape index (κ2) is 5.89. The third-order valence-corrected chi connectivity index (χ3v) is 4.82. The zero-order valence-corrected chi connectivity index (χ0v) is 13.5. The van der Waals surface area contributed by atoms with E-state index in [4.69, 9.17) is 11.6 Å². The molecule has 1 fully saturated rings. The standard InChI is InChI=1S/C16H20ClN3O2/c1-10-4-3-5-11(2)19(10)9-13-15(16(21)22)18-14-7-6-12(17)8-20(13)14/h6-8,10-11H,3-5,9H2,1-2H3,(H,21,22). The highest BCUT2D eigenvalue weighted by Crippen LogP contribution is 2.26. The number of carbonyl (C=O) groups is 1. The zero-order valence-electron chi connectivity index (χ0n) is 12.8. The first-order chi connectivity index (χ1) is 10.5. The maximum atomic E-state index is 11.6. The van der Waals surface area contributed by atoms with Gasteiger partial charge >= 0.3 is 5.97 Å². The van der Waals surface area contributed by atoms with Crippen molar-refractivity contribution in [3.63, 3.8) is 0 Å². The van der Waals surface area contributed by atoms with E-state index < -0.39 is 5.97 Å². The third-order valence-electron chi connectivity index (χ3n) is 4.59. The second-order valence-electron chi connectivity index (χ2n) is 6.09. The molecule has 118 valence electrons. The molecule has 1 aliphatic rings. The molecule has 6 heteroatoms. The van der Waals surface area contributed by atoms with Crippen LogP contribution in [0.25, 0.3) is 5.65 Å². The SMILES string of the molecule is CC1CCCC(C)N1Cc1c(C(=O)O)nc2ccc(Cl)cn12. The predicted molar refractivity (Wildman–Crippen MR) is 85.5 cm³/mol. The van der Waals surface area contributed by atoms with Crippen LogP contribution in [0.2, 0.25) is 5.02 Å². The van der Waals surface area contributed by atoms with Crippen LogP contribution in [0.5, 0.6) is 0 Å². The first-order valence-corrected chi connectivity index (χ1v) is 8.00. The third kappa shape index (κ3) is 2.71. The van der Waals surface area contributed by atoms with E-state index in [-0.39, 0.29) is 5.69 Å². The molecule has 5 nitrogen and oxygen atoms in total. The monoisotopic (exact) mass is 321 g/mol. The van der Waals surface area contributed by atoms with Gasteiger partial charge in [0.2, 0.25) is 0 Å². The van der Waals surface area contributed by atoms with Gasteiger partial charge in [0.05, 0.1) is 10.7 Å². The number of halogens is 1. The van der Waals surface area contributed by atoms with Crippen LogP contribution in [-0.4, -0.2) is 37.4 Å². The number of piperidine rings is 1. The van der Waals surface area contributed by atoms with Crippen molar-refractivity contribution in [3.8, 4) is 0 Å². The number of hydrogen-bond donors (Lipinski definition) is 1. The lowest BCUT2D eigenvalue weighted by atomic mass is 9.97. The first-order valence-electron chi connectivity index (χ1n) is 7.63. The summed E-state index contributed by atoms with van der Waals surface area (Å²) in [6.07, 6.45) is 5.25. The fourth-order valence-corrected chi connectivity index (χ4v) is 3.51. The Hall–Kier alpha value is -1.59. The minimum Gasteiger partial charge on any atom is -0.476 e. The summed E-state index contributed by atoms with van der Waals surface area (Å²) >= 11 is 6.07.